The largest absolute Gasteiger partial charge is 0.416 e. The molecule has 0 amide bonds. The standard InChI is InChI=1S/C18H25F3N4O.HI/c1-24(15-6-7-15)17(22)23-12-16(25-8-10-26-11-9-25)13-2-4-14(5-3-13)18(19,20)21;/h2-5,15-16H,6-12H2,1H3,(H2,22,23);1H. The minimum Gasteiger partial charge on any atom is -0.379 e. The first-order valence-corrected chi connectivity index (χ1v) is 8.88. The predicted molar refractivity (Wildman–Crippen MR) is 109 cm³/mol. The van der Waals surface area contributed by atoms with Gasteiger partial charge >= 0.3 is 6.18 Å². The zero-order valence-electron chi connectivity index (χ0n) is 15.3. The molecule has 1 aromatic rings. The quantitative estimate of drug-likeness (QED) is 0.385. The van der Waals surface area contributed by atoms with Crippen LogP contribution in [-0.2, 0) is 10.9 Å². The molecule has 0 spiro atoms. The second-order valence-electron chi connectivity index (χ2n) is 6.82. The molecule has 1 heterocycles. The number of halogens is 4. The molecule has 2 N–H and O–H groups in total. The fourth-order valence-electron chi connectivity index (χ4n) is 3.16. The van der Waals surface area contributed by atoms with Gasteiger partial charge in [0.15, 0.2) is 5.96 Å². The van der Waals surface area contributed by atoms with E-state index in [0.29, 0.717) is 31.8 Å². The minimum absolute atomic E-state index is 0. The average Bonchev–Trinajstić information content (AvgIpc) is 3.47. The van der Waals surface area contributed by atoms with Crippen molar-refractivity contribution >= 4 is 29.9 Å². The van der Waals surface area contributed by atoms with E-state index < -0.39 is 11.7 Å². The number of aliphatic imine (C=N–C) groups is 1. The van der Waals surface area contributed by atoms with Crippen LogP contribution in [-0.4, -0.2) is 61.7 Å². The van der Waals surface area contributed by atoms with Crippen LogP contribution in [0.3, 0.4) is 0 Å². The molecule has 0 radical (unpaired) electrons. The Morgan fingerprint density at radius 2 is 1.85 bits per heavy atom. The van der Waals surface area contributed by atoms with E-state index in [9.17, 15) is 13.2 Å². The maximum absolute atomic E-state index is 12.8. The molecule has 1 aliphatic carbocycles. The number of nitrogens with zero attached hydrogens (tertiary/aromatic N) is 3. The highest BCUT2D eigenvalue weighted by molar-refractivity contribution is 14.0. The highest BCUT2D eigenvalue weighted by atomic mass is 127. The molecule has 9 heteroatoms. The summed E-state index contributed by atoms with van der Waals surface area (Å²) in [5, 5.41) is 0. The molecule has 1 atom stereocenters. The van der Waals surface area contributed by atoms with E-state index in [1.54, 1.807) is 12.1 Å². The van der Waals surface area contributed by atoms with Gasteiger partial charge in [-0.2, -0.15) is 13.2 Å². The zero-order valence-corrected chi connectivity index (χ0v) is 17.6. The van der Waals surface area contributed by atoms with E-state index in [1.165, 1.54) is 0 Å². The molecule has 2 fully saturated rings. The summed E-state index contributed by atoms with van der Waals surface area (Å²) in [7, 11) is 1.93. The van der Waals surface area contributed by atoms with Crippen molar-refractivity contribution < 1.29 is 17.9 Å². The molecule has 0 aromatic heterocycles. The third-order valence-corrected chi connectivity index (χ3v) is 4.99. The second-order valence-corrected chi connectivity index (χ2v) is 6.82. The number of alkyl halides is 3. The van der Waals surface area contributed by atoms with Crippen LogP contribution >= 0.6 is 24.0 Å². The summed E-state index contributed by atoms with van der Waals surface area (Å²) in [5.41, 5.74) is 6.25. The van der Waals surface area contributed by atoms with Crippen molar-refractivity contribution in [1.82, 2.24) is 9.80 Å². The van der Waals surface area contributed by atoms with E-state index in [0.717, 1.165) is 43.6 Å². The van der Waals surface area contributed by atoms with Gasteiger partial charge in [-0.05, 0) is 30.5 Å². The average molecular weight is 498 g/mol. The van der Waals surface area contributed by atoms with Gasteiger partial charge in [0.25, 0.3) is 0 Å². The normalized spacial score (nSPS) is 20.1. The molecule has 1 saturated carbocycles. The third kappa shape index (κ3) is 5.95. The van der Waals surface area contributed by atoms with Crippen LogP contribution in [0.15, 0.2) is 29.3 Å². The Morgan fingerprint density at radius 1 is 1.26 bits per heavy atom. The SMILES string of the molecule is CN(C(N)=NCC(c1ccc(C(F)(F)F)cc1)N1CCOCC1)C1CC1.I. The number of guanidine groups is 1. The van der Waals surface area contributed by atoms with Crippen LogP contribution < -0.4 is 5.73 Å². The Bertz CT molecular complexity index is 628. The van der Waals surface area contributed by atoms with Gasteiger partial charge < -0.3 is 15.4 Å². The first-order chi connectivity index (χ1) is 12.4. The number of morpholine rings is 1. The lowest BCUT2D eigenvalue weighted by Gasteiger charge is -2.34. The maximum Gasteiger partial charge on any atom is 0.416 e. The molecule has 1 unspecified atom stereocenters. The van der Waals surface area contributed by atoms with Gasteiger partial charge in [0, 0.05) is 26.2 Å². The van der Waals surface area contributed by atoms with Crippen molar-refractivity contribution in [1.29, 1.82) is 0 Å². The van der Waals surface area contributed by atoms with E-state index in [2.05, 4.69) is 9.89 Å². The molecule has 5 nitrogen and oxygen atoms in total. The highest BCUT2D eigenvalue weighted by Crippen LogP contribution is 2.31. The smallest absolute Gasteiger partial charge is 0.379 e. The summed E-state index contributed by atoms with van der Waals surface area (Å²) in [6.45, 7) is 3.07. The molecule has 1 saturated heterocycles. The Kier molecular flexibility index (Phi) is 7.75. The summed E-state index contributed by atoms with van der Waals surface area (Å²) in [6.07, 6.45) is -2.08. The van der Waals surface area contributed by atoms with E-state index in [-0.39, 0.29) is 30.0 Å². The van der Waals surface area contributed by atoms with Crippen LogP contribution in [0, 0.1) is 0 Å². The third-order valence-electron chi connectivity index (χ3n) is 4.99. The van der Waals surface area contributed by atoms with E-state index in [1.807, 2.05) is 11.9 Å². The van der Waals surface area contributed by atoms with Crippen molar-refractivity contribution in [3.05, 3.63) is 35.4 Å². The first kappa shape index (κ1) is 22.2. The van der Waals surface area contributed by atoms with Gasteiger partial charge in [-0.3, -0.25) is 9.89 Å². The van der Waals surface area contributed by atoms with Crippen molar-refractivity contribution in [3.63, 3.8) is 0 Å². The molecule has 152 valence electrons. The number of benzene rings is 1. The van der Waals surface area contributed by atoms with Gasteiger partial charge in [0.05, 0.1) is 31.4 Å². The first-order valence-electron chi connectivity index (χ1n) is 8.88. The van der Waals surface area contributed by atoms with Gasteiger partial charge in [0.1, 0.15) is 0 Å². The molecule has 27 heavy (non-hydrogen) atoms. The van der Waals surface area contributed by atoms with Crippen LogP contribution in [0.5, 0.6) is 0 Å². The molecular weight excluding hydrogens is 472 g/mol. The number of hydrogen-bond acceptors (Lipinski definition) is 3. The fourth-order valence-corrected chi connectivity index (χ4v) is 3.16. The monoisotopic (exact) mass is 498 g/mol. The lowest BCUT2D eigenvalue weighted by molar-refractivity contribution is -0.137. The van der Waals surface area contributed by atoms with E-state index in [4.69, 9.17) is 10.5 Å². The van der Waals surface area contributed by atoms with Crippen molar-refractivity contribution in [2.24, 2.45) is 10.7 Å². The summed E-state index contributed by atoms with van der Waals surface area (Å²) in [4.78, 5) is 8.69. The van der Waals surface area contributed by atoms with Crippen molar-refractivity contribution in [3.8, 4) is 0 Å². The van der Waals surface area contributed by atoms with Crippen LogP contribution in [0.4, 0.5) is 13.2 Å². The predicted octanol–water partition coefficient (Wildman–Crippen LogP) is 3.11. The molecule has 1 aromatic carbocycles. The maximum atomic E-state index is 12.8. The zero-order chi connectivity index (χ0) is 18.7. The van der Waals surface area contributed by atoms with Crippen molar-refractivity contribution in [2.75, 3.05) is 39.9 Å². The Morgan fingerprint density at radius 3 is 2.37 bits per heavy atom. The molecular formula is C18H26F3IN4O. The summed E-state index contributed by atoms with van der Waals surface area (Å²) in [5.74, 6) is 0.484. The van der Waals surface area contributed by atoms with E-state index >= 15 is 0 Å². The fraction of sp³-hybridized carbons (Fsp3) is 0.611. The Labute approximate surface area is 174 Å². The second kappa shape index (κ2) is 9.42. The van der Waals surface area contributed by atoms with Gasteiger partial charge in [-0.1, -0.05) is 12.1 Å². The van der Waals surface area contributed by atoms with Gasteiger partial charge in [-0.25, -0.2) is 0 Å². The molecule has 3 rings (SSSR count). The van der Waals surface area contributed by atoms with Crippen LogP contribution in [0.1, 0.15) is 30.0 Å². The lowest BCUT2D eigenvalue weighted by Crippen LogP contribution is -2.41. The topological polar surface area (TPSA) is 54.1 Å². The number of hydrogen-bond donors (Lipinski definition) is 1. The Balaban J connectivity index is 0.00000261. The number of ether oxygens (including phenoxy) is 1. The van der Waals surface area contributed by atoms with Gasteiger partial charge in [-0.15, -0.1) is 24.0 Å². The lowest BCUT2D eigenvalue weighted by atomic mass is 10.0. The van der Waals surface area contributed by atoms with Crippen molar-refractivity contribution in [2.45, 2.75) is 31.1 Å². The highest BCUT2D eigenvalue weighted by Gasteiger charge is 2.31. The summed E-state index contributed by atoms with van der Waals surface area (Å²) in [6, 6.07) is 5.69. The van der Waals surface area contributed by atoms with Gasteiger partial charge in [0.2, 0.25) is 0 Å². The minimum atomic E-state index is -4.33. The Hall–Kier alpha value is -1.07. The van der Waals surface area contributed by atoms with Crippen LogP contribution in [0.2, 0.25) is 0 Å². The summed E-state index contributed by atoms with van der Waals surface area (Å²) < 4.78 is 43.9. The molecule has 2 aliphatic rings. The molecule has 1 aliphatic heterocycles. The summed E-state index contributed by atoms with van der Waals surface area (Å²) >= 11 is 0. The molecule has 0 bridgehead atoms. The number of rotatable bonds is 5. The number of nitrogens with two attached hydrogens (primary N) is 1. The van der Waals surface area contributed by atoms with Crippen LogP contribution in [0.25, 0.3) is 0 Å².